The van der Waals surface area contributed by atoms with Crippen LogP contribution in [0.3, 0.4) is 0 Å². The first-order chi connectivity index (χ1) is 7.94. The summed E-state index contributed by atoms with van der Waals surface area (Å²) in [5.74, 6) is -0.296. The van der Waals surface area contributed by atoms with Crippen molar-refractivity contribution in [2.24, 2.45) is 0 Å². The molecule has 1 aromatic rings. The predicted octanol–water partition coefficient (Wildman–Crippen LogP) is 2.74. The highest BCUT2D eigenvalue weighted by Crippen LogP contribution is 2.16. The van der Waals surface area contributed by atoms with Gasteiger partial charge in [0.1, 0.15) is 5.82 Å². The van der Waals surface area contributed by atoms with Gasteiger partial charge in [-0.1, -0.05) is 0 Å². The number of hydrogen-bond acceptors (Lipinski definition) is 3. The summed E-state index contributed by atoms with van der Waals surface area (Å²) < 4.78 is 23.7. The number of hydrogen-bond donors (Lipinski definition) is 1. The predicted molar refractivity (Wildman–Crippen MR) is 66.2 cm³/mol. The van der Waals surface area contributed by atoms with E-state index in [2.05, 4.69) is 0 Å². The summed E-state index contributed by atoms with van der Waals surface area (Å²) in [4.78, 5) is 0. The van der Waals surface area contributed by atoms with Gasteiger partial charge in [0.05, 0.1) is 12.2 Å². The molecule has 0 saturated heterocycles. The molecule has 96 valence electrons. The molecule has 1 aromatic carbocycles. The van der Waals surface area contributed by atoms with Gasteiger partial charge in [0.2, 0.25) is 0 Å². The molecular weight excluding hydrogens is 221 g/mol. The molecule has 0 fully saturated rings. The van der Waals surface area contributed by atoms with Crippen LogP contribution in [0.5, 0.6) is 0 Å². The van der Waals surface area contributed by atoms with E-state index in [1.165, 1.54) is 12.1 Å². The quantitative estimate of drug-likeness (QED) is 0.615. The summed E-state index contributed by atoms with van der Waals surface area (Å²) >= 11 is 0. The van der Waals surface area contributed by atoms with E-state index < -0.39 is 0 Å². The summed E-state index contributed by atoms with van der Waals surface area (Å²) in [6.07, 6.45) is 0.777. The van der Waals surface area contributed by atoms with Crippen LogP contribution in [0.4, 0.5) is 10.1 Å². The second-order valence-electron chi connectivity index (χ2n) is 4.61. The van der Waals surface area contributed by atoms with E-state index in [-0.39, 0.29) is 11.4 Å². The molecule has 0 saturated carbocycles. The Morgan fingerprint density at radius 3 is 2.71 bits per heavy atom. The average Bonchev–Trinajstić information content (AvgIpc) is 2.29. The second kappa shape index (κ2) is 5.98. The molecule has 3 nitrogen and oxygen atoms in total. The van der Waals surface area contributed by atoms with E-state index in [0.717, 1.165) is 6.42 Å². The Hall–Kier alpha value is -1.13. The minimum atomic E-state index is -0.296. The lowest BCUT2D eigenvalue weighted by Crippen LogP contribution is -2.24. The van der Waals surface area contributed by atoms with E-state index in [0.29, 0.717) is 24.5 Å². The van der Waals surface area contributed by atoms with E-state index >= 15 is 0 Å². The Morgan fingerprint density at radius 1 is 1.35 bits per heavy atom. The highest BCUT2D eigenvalue weighted by Gasteiger charge is 2.15. The van der Waals surface area contributed by atoms with Gasteiger partial charge in [-0.05, 0) is 38.5 Å². The highest BCUT2D eigenvalue weighted by atomic mass is 19.1. The summed E-state index contributed by atoms with van der Waals surface area (Å²) in [5.41, 5.74) is 6.75. The van der Waals surface area contributed by atoms with Crippen LogP contribution in [-0.2, 0) is 16.1 Å². The fourth-order valence-corrected chi connectivity index (χ4v) is 1.30. The first-order valence-corrected chi connectivity index (χ1v) is 5.61. The molecule has 1 rings (SSSR count). The molecule has 0 aliphatic rings. The van der Waals surface area contributed by atoms with Crippen LogP contribution in [0.1, 0.15) is 25.8 Å². The Morgan fingerprint density at radius 2 is 2.06 bits per heavy atom. The van der Waals surface area contributed by atoms with Crippen LogP contribution in [0.2, 0.25) is 0 Å². The van der Waals surface area contributed by atoms with Crippen molar-refractivity contribution in [3.8, 4) is 0 Å². The normalized spacial score (nSPS) is 11.8. The third-order valence-electron chi connectivity index (χ3n) is 2.76. The Balaban J connectivity index is 2.38. The molecule has 0 aliphatic heterocycles. The molecule has 0 aliphatic carbocycles. The van der Waals surface area contributed by atoms with Gasteiger partial charge in [-0.3, -0.25) is 0 Å². The maximum Gasteiger partial charge on any atom is 0.123 e. The molecule has 17 heavy (non-hydrogen) atoms. The molecule has 0 amide bonds. The number of nitrogen functional groups attached to an aromatic ring is 1. The summed E-state index contributed by atoms with van der Waals surface area (Å²) in [6.45, 7) is 4.86. The fourth-order valence-electron chi connectivity index (χ4n) is 1.30. The number of methoxy groups -OCH3 is 1. The number of ether oxygens (including phenoxy) is 2. The number of nitrogens with two attached hydrogens (primary N) is 1. The van der Waals surface area contributed by atoms with Crippen molar-refractivity contribution in [1.29, 1.82) is 0 Å². The van der Waals surface area contributed by atoms with Gasteiger partial charge in [0.25, 0.3) is 0 Å². The first-order valence-electron chi connectivity index (χ1n) is 5.61. The Labute approximate surface area is 102 Å². The second-order valence-corrected chi connectivity index (χ2v) is 4.61. The fraction of sp³-hybridized carbons (Fsp3) is 0.538. The van der Waals surface area contributed by atoms with Gasteiger partial charge in [-0.15, -0.1) is 0 Å². The van der Waals surface area contributed by atoms with E-state index in [1.54, 1.807) is 13.2 Å². The van der Waals surface area contributed by atoms with Gasteiger partial charge < -0.3 is 15.2 Å². The zero-order valence-electron chi connectivity index (χ0n) is 10.6. The summed E-state index contributed by atoms with van der Waals surface area (Å²) in [6, 6.07) is 4.29. The molecule has 0 spiro atoms. The molecule has 0 heterocycles. The monoisotopic (exact) mass is 241 g/mol. The lowest BCUT2D eigenvalue weighted by Gasteiger charge is -2.22. The van der Waals surface area contributed by atoms with Crippen LogP contribution in [0.15, 0.2) is 18.2 Å². The molecule has 0 bridgehead atoms. The maximum atomic E-state index is 13.0. The van der Waals surface area contributed by atoms with Gasteiger partial charge in [0.15, 0.2) is 0 Å². The summed E-state index contributed by atoms with van der Waals surface area (Å²) in [7, 11) is 1.67. The minimum absolute atomic E-state index is 0.201. The van der Waals surface area contributed by atoms with Crippen LogP contribution in [0.25, 0.3) is 0 Å². The van der Waals surface area contributed by atoms with Crippen LogP contribution >= 0.6 is 0 Å². The molecule has 4 heteroatoms. The van der Waals surface area contributed by atoms with Crippen molar-refractivity contribution in [3.05, 3.63) is 29.6 Å². The lowest BCUT2D eigenvalue weighted by atomic mass is 10.1. The van der Waals surface area contributed by atoms with Crippen LogP contribution in [-0.4, -0.2) is 19.3 Å². The molecule has 0 atom stereocenters. The number of anilines is 1. The number of benzene rings is 1. The maximum absolute atomic E-state index is 13.0. The molecule has 2 N–H and O–H groups in total. The minimum Gasteiger partial charge on any atom is -0.398 e. The summed E-state index contributed by atoms with van der Waals surface area (Å²) in [5, 5.41) is 0. The van der Waals surface area contributed by atoms with E-state index in [4.69, 9.17) is 15.2 Å². The third-order valence-corrected chi connectivity index (χ3v) is 2.76. The number of rotatable bonds is 6. The lowest BCUT2D eigenvalue weighted by molar-refractivity contribution is -0.0124. The van der Waals surface area contributed by atoms with Gasteiger partial charge in [-0.2, -0.15) is 0 Å². The largest absolute Gasteiger partial charge is 0.398 e. The van der Waals surface area contributed by atoms with Crippen molar-refractivity contribution in [2.75, 3.05) is 19.5 Å². The van der Waals surface area contributed by atoms with Gasteiger partial charge >= 0.3 is 0 Å². The Bertz CT molecular complexity index is 366. The van der Waals surface area contributed by atoms with Crippen LogP contribution in [0, 0.1) is 5.82 Å². The van der Waals surface area contributed by atoms with Crippen molar-refractivity contribution < 1.29 is 13.9 Å². The molecule has 0 unspecified atom stereocenters. The molecule has 0 radical (unpaired) electrons. The molecular formula is C13H20FNO2. The SMILES string of the molecule is COC(C)(C)CCOCc1cc(F)ccc1N. The highest BCUT2D eigenvalue weighted by molar-refractivity contribution is 5.46. The van der Waals surface area contributed by atoms with Crippen molar-refractivity contribution in [1.82, 2.24) is 0 Å². The topological polar surface area (TPSA) is 44.5 Å². The van der Waals surface area contributed by atoms with Crippen molar-refractivity contribution >= 4 is 5.69 Å². The first kappa shape index (κ1) is 13.9. The van der Waals surface area contributed by atoms with Crippen molar-refractivity contribution in [2.45, 2.75) is 32.5 Å². The van der Waals surface area contributed by atoms with E-state index in [1.807, 2.05) is 13.8 Å². The Kier molecular flexibility index (Phi) is 4.90. The number of halogens is 1. The van der Waals surface area contributed by atoms with E-state index in [9.17, 15) is 4.39 Å². The van der Waals surface area contributed by atoms with Gasteiger partial charge in [0, 0.05) is 25.0 Å². The van der Waals surface area contributed by atoms with Gasteiger partial charge in [-0.25, -0.2) is 4.39 Å². The average molecular weight is 241 g/mol. The smallest absolute Gasteiger partial charge is 0.123 e. The van der Waals surface area contributed by atoms with Crippen molar-refractivity contribution in [3.63, 3.8) is 0 Å². The zero-order valence-corrected chi connectivity index (χ0v) is 10.6. The van der Waals surface area contributed by atoms with Crippen LogP contribution < -0.4 is 5.73 Å². The molecule has 0 aromatic heterocycles. The third kappa shape index (κ3) is 4.71. The zero-order chi connectivity index (χ0) is 12.9. The standard InChI is InChI=1S/C13H20FNO2/c1-13(2,16-3)6-7-17-9-10-8-11(14)4-5-12(10)15/h4-5,8H,6-7,9,15H2,1-3H3.